The van der Waals surface area contributed by atoms with Gasteiger partial charge < -0.3 is 9.14 Å². The lowest BCUT2D eigenvalue weighted by Crippen LogP contribution is -2.03. The number of pyridine rings is 1. The first kappa shape index (κ1) is 13.4. The second kappa shape index (κ2) is 5.29. The van der Waals surface area contributed by atoms with E-state index in [1.54, 1.807) is 22.7 Å². The van der Waals surface area contributed by atoms with Crippen molar-refractivity contribution in [1.82, 2.24) is 4.40 Å². The minimum Gasteiger partial charge on any atom is -0.424 e. The third kappa shape index (κ3) is 2.25. The highest BCUT2D eigenvalue weighted by atomic mass is 16.5. The molecule has 0 amide bonds. The molecule has 0 atom stereocenters. The highest BCUT2D eigenvalue weighted by molar-refractivity contribution is 5.79. The standard InChI is InChI=1S/C15H11N3O2/c1-10-13-5-3-4-6-18(13)14(7-12(8-16)9-17)15(10)20-11(2)19/h3-7H,1-2H3. The Labute approximate surface area is 115 Å². The molecule has 0 spiro atoms. The highest BCUT2D eigenvalue weighted by Crippen LogP contribution is 2.32. The zero-order chi connectivity index (χ0) is 14.7. The number of nitriles is 2. The molecule has 2 aromatic heterocycles. The van der Waals surface area contributed by atoms with Crippen molar-refractivity contribution in [3.63, 3.8) is 0 Å². The summed E-state index contributed by atoms with van der Waals surface area (Å²) >= 11 is 0. The van der Waals surface area contributed by atoms with Crippen molar-refractivity contribution in [2.24, 2.45) is 0 Å². The number of carbonyl (C=O) groups excluding carboxylic acids is 1. The first-order valence-electron chi connectivity index (χ1n) is 5.88. The minimum atomic E-state index is -0.450. The van der Waals surface area contributed by atoms with E-state index in [-0.39, 0.29) is 5.57 Å². The fraction of sp³-hybridized carbons (Fsp3) is 0.133. The van der Waals surface area contributed by atoms with Gasteiger partial charge in [0.15, 0.2) is 5.75 Å². The Balaban J connectivity index is 2.80. The van der Waals surface area contributed by atoms with E-state index in [1.165, 1.54) is 13.0 Å². The molecule has 0 radical (unpaired) electrons. The molecule has 0 fully saturated rings. The molecule has 20 heavy (non-hydrogen) atoms. The molecule has 0 unspecified atom stereocenters. The van der Waals surface area contributed by atoms with Crippen molar-refractivity contribution in [2.75, 3.05) is 0 Å². The van der Waals surface area contributed by atoms with Crippen LogP contribution in [0, 0.1) is 29.6 Å². The van der Waals surface area contributed by atoms with Gasteiger partial charge in [-0.15, -0.1) is 0 Å². The Morgan fingerprint density at radius 1 is 1.35 bits per heavy atom. The number of aryl methyl sites for hydroxylation is 1. The van der Waals surface area contributed by atoms with Crippen molar-refractivity contribution in [1.29, 1.82) is 10.5 Å². The molecule has 0 aliphatic heterocycles. The first-order valence-corrected chi connectivity index (χ1v) is 5.88. The van der Waals surface area contributed by atoms with E-state index in [4.69, 9.17) is 15.3 Å². The third-order valence-corrected chi connectivity index (χ3v) is 2.84. The van der Waals surface area contributed by atoms with Crippen LogP contribution in [0.4, 0.5) is 0 Å². The number of rotatable bonds is 2. The number of nitrogens with zero attached hydrogens (tertiary/aromatic N) is 3. The summed E-state index contributed by atoms with van der Waals surface area (Å²) in [4.78, 5) is 11.2. The zero-order valence-corrected chi connectivity index (χ0v) is 11.0. The Morgan fingerprint density at radius 2 is 2.05 bits per heavy atom. The smallest absolute Gasteiger partial charge is 0.308 e. The quantitative estimate of drug-likeness (QED) is 0.617. The van der Waals surface area contributed by atoms with E-state index in [0.717, 1.165) is 11.1 Å². The van der Waals surface area contributed by atoms with Crippen LogP contribution in [-0.2, 0) is 4.79 Å². The molecule has 0 aliphatic carbocycles. The van der Waals surface area contributed by atoms with Crippen LogP contribution in [0.3, 0.4) is 0 Å². The van der Waals surface area contributed by atoms with Crippen LogP contribution >= 0.6 is 0 Å². The Morgan fingerprint density at radius 3 is 2.65 bits per heavy atom. The van der Waals surface area contributed by atoms with E-state index in [9.17, 15) is 4.79 Å². The molecule has 0 bridgehead atoms. The summed E-state index contributed by atoms with van der Waals surface area (Å²) in [5.41, 5.74) is 2.08. The number of aromatic nitrogens is 1. The molecule has 2 aromatic rings. The summed E-state index contributed by atoms with van der Waals surface area (Å²) in [5.74, 6) is -0.0826. The molecule has 0 saturated carbocycles. The molecule has 5 heteroatoms. The molecule has 5 nitrogen and oxygen atoms in total. The predicted molar refractivity (Wildman–Crippen MR) is 72.6 cm³/mol. The van der Waals surface area contributed by atoms with Gasteiger partial charge in [-0.1, -0.05) is 6.07 Å². The van der Waals surface area contributed by atoms with Gasteiger partial charge in [-0.05, 0) is 25.1 Å². The van der Waals surface area contributed by atoms with Crippen LogP contribution in [0.25, 0.3) is 11.6 Å². The Bertz CT molecular complexity index is 785. The molecular formula is C15H11N3O2. The van der Waals surface area contributed by atoms with E-state index < -0.39 is 5.97 Å². The van der Waals surface area contributed by atoms with Crippen LogP contribution in [0.2, 0.25) is 0 Å². The lowest BCUT2D eigenvalue weighted by molar-refractivity contribution is -0.131. The summed E-state index contributed by atoms with van der Waals surface area (Å²) in [6.45, 7) is 3.13. The molecule has 2 rings (SSSR count). The van der Waals surface area contributed by atoms with Gasteiger partial charge in [0.2, 0.25) is 0 Å². The lowest BCUT2D eigenvalue weighted by atomic mass is 10.2. The van der Waals surface area contributed by atoms with Crippen molar-refractivity contribution < 1.29 is 9.53 Å². The van der Waals surface area contributed by atoms with Crippen molar-refractivity contribution in [3.05, 3.63) is 41.2 Å². The van der Waals surface area contributed by atoms with Gasteiger partial charge in [-0.2, -0.15) is 10.5 Å². The van der Waals surface area contributed by atoms with Crippen LogP contribution in [0.5, 0.6) is 5.75 Å². The maximum atomic E-state index is 11.2. The average molecular weight is 265 g/mol. The molecule has 2 heterocycles. The summed E-state index contributed by atoms with van der Waals surface area (Å²) in [6.07, 6.45) is 3.20. The minimum absolute atomic E-state index is 0.0540. The normalized spacial score (nSPS) is 9.60. The maximum Gasteiger partial charge on any atom is 0.308 e. The highest BCUT2D eigenvalue weighted by Gasteiger charge is 2.17. The van der Waals surface area contributed by atoms with Gasteiger partial charge >= 0.3 is 5.97 Å². The number of esters is 1. The molecule has 0 aromatic carbocycles. The van der Waals surface area contributed by atoms with Gasteiger partial charge in [0.1, 0.15) is 17.7 Å². The summed E-state index contributed by atoms with van der Waals surface area (Å²) in [6, 6.07) is 9.16. The molecular weight excluding hydrogens is 254 g/mol. The Kier molecular flexibility index (Phi) is 3.54. The summed E-state index contributed by atoms with van der Waals surface area (Å²) in [7, 11) is 0. The van der Waals surface area contributed by atoms with E-state index in [2.05, 4.69) is 0 Å². The topological polar surface area (TPSA) is 78.3 Å². The largest absolute Gasteiger partial charge is 0.424 e. The van der Waals surface area contributed by atoms with Gasteiger partial charge in [0, 0.05) is 18.7 Å². The third-order valence-electron chi connectivity index (χ3n) is 2.84. The lowest BCUT2D eigenvalue weighted by Gasteiger charge is -2.02. The van der Waals surface area contributed by atoms with Gasteiger partial charge in [-0.3, -0.25) is 4.79 Å². The number of fused-ring (bicyclic) bond motifs is 1. The van der Waals surface area contributed by atoms with Crippen LogP contribution in [-0.4, -0.2) is 10.4 Å². The molecule has 0 aliphatic rings. The first-order chi connectivity index (χ1) is 9.58. The number of allylic oxidation sites excluding steroid dienone is 1. The van der Waals surface area contributed by atoms with Gasteiger partial charge in [-0.25, -0.2) is 0 Å². The van der Waals surface area contributed by atoms with Crippen molar-refractivity contribution >= 4 is 17.6 Å². The van der Waals surface area contributed by atoms with E-state index >= 15 is 0 Å². The number of ether oxygens (including phenoxy) is 1. The average Bonchev–Trinajstić information content (AvgIpc) is 2.70. The number of carbonyl (C=O) groups is 1. The van der Waals surface area contributed by atoms with Gasteiger partial charge in [0.25, 0.3) is 0 Å². The molecule has 98 valence electrons. The van der Waals surface area contributed by atoms with Crippen molar-refractivity contribution in [3.8, 4) is 17.9 Å². The molecule has 0 N–H and O–H groups in total. The second-order valence-electron chi connectivity index (χ2n) is 4.17. The zero-order valence-electron chi connectivity index (χ0n) is 11.0. The SMILES string of the molecule is CC(=O)Oc1c(C)c2ccccn2c1C=C(C#N)C#N. The fourth-order valence-corrected chi connectivity index (χ4v) is 2.01. The van der Waals surface area contributed by atoms with Crippen LogP contribution < -0.4 is 4.74 Å². The van der Waals surface area contributed by atoms with Crippen molar-refractivity contribution in [2.45, 2.75) is 13.8 Å². The number of hydrogen-bond acceptors (Lipinski definition) is 4. The van der Waals surface area contributed by atoms with E-state index in [1.807, 2.05) is 25.1 Å². The van der Waals surface area contributed by atoms with E-state index in [0.29, 0.717) is 11.4 Å². The Hall–Kier alpha value is -3.05. The van der Waals surface area contributed by atoms with Crippen LogP contribution in [0.15, 0.2) is 30.0 Å². The summed E-state index contributed by atoms with van der Waals surface area (Å²) in [5, 5.41) is 17.8. The monoisotopic (exact) mass is 265 g/mol. The fourth-order valence-electron chi connectivity index (χ4n) is 2.01. The predicted octanol–water partition coefficient (Wildman–Crippen LogP) is 2.60. The summed E-state index contributed by atoms with van der Waals surface area (Å²) < 4.78 is 7.01. The second-order valence-corrected chi connectivity index (χ2v) is 4.17. The van der Waals surface area contributed by atoms with Gasteiger partial charge in [0.05, 0.1) is 11.2 Å². The molecule has 0 saturated heterocycles. The maximum absolute atomic E-state index is 11.2. The van der Waals surface area contributed by atoms with Crippen LogP contribution in [0.1, 0.15) is 18.2 Å². The number of hydrogen-bond donors (Lipinski definition) is 0.